The molecule has 0 N–H and O–H groups in total. The van der Waals surface area contributed by atoms with Crippen LogP contribution in [0.5, 0.6) is 0 Å². The molecule has 0 radical (unpaired) electrons. The first-order chi connectivity index (χ1) is 7.81. The van der Waals surface area contributed by atoms with Crippen LogP contribution < -0.4 is 0 Å². The maximum absolute atomic E-state index is 12.7. The lowest BCUT2D eigenvalue weighted by Crippen LogP contribution is -2.15. The average molecular weight is 261 g/mol. The van der Waals surface area contributed by atoms with Crippen LogP contribution in [0.25, 0.3) is 0 Å². The van der Waals surface area contributed by atoms with Gasteiger partial charge in [-0.15, -0.1) is 12.6 Å². The molecule has 0 aromatic heterocycles. The third-order valence-electron chi connectivity index (χ3n) is 1.94. The standard InChI is InChI=1S/C10H6F3NO2S/c1-16-9(15)6-2-5(4-14)3-7(17)8(6)10(11,12)13/h2-3,17H,1H3. The van der Waals surface area contributed by atoms with Crippen LogP contribution in [0.4, 0.5) is 13.2 Å². The Morgan fingerprint density at radius 3 is 2.47 bits per heavy atom. The minimum Gasteiger partial charge on any atom is -0.465 e. The highest BCUT2D eigenvalue weighted by atomic mass is 32.1. The second-order valence-electron chi connectivity index (χ2n) is 3.02. The molecule has 0 spiro atoms. The fourth-order valence-electron chi connectivity index (χ4n) is 1.26. The van der Waals surface area contributed by atoms with E-state index in [1.165, 1.54) is 0 Å². The SMILES string of the molecule is COC(=O)c1cc(C#N)cc(S)c1C(F)(F)F. The van der Waals surface area contributed by atoms with Gasteiger partial charge in [0.25, 0.3) is 0 Å². The maximum atomic E-state index is 12.7. The molecule has 0 amide bonds. The van der Waals surface area contributed by atoms with Crippen LogP contribution in [0, 0.1) is 11.3 Å². The molecule has 1 aromatic rings. The van der Waals surface area contributed by atoms with Gasteiger partial charge in [0.15, 0.2) is 0 Å². The molecule has 0 atom stereocenters. The van der Waals surface area contributed by atoms with Crippen LogP contribution in [0.15, 0.2) is 17.0 Å². The molecule has 0 heterocycles. The highest BCUT2D eigenvalue weighted by Gasteiger charge is 2.38. The van der Waals surface area contributed by atoms with Crippen molar-refractivity contribution < 1.29 is 22.7 Å². The summed E-state index contributed by atoms with van der Waals surface area (Å²) in [6.45, 7) is 0. The van der Waals surface area contributed by atoms with Crippen molar-refractivity contribution in [2.45, 2.75) is 11.1 Å². The number of halogens is 3. The molecule has 7 heteroatoms. The molecule has 1 aromatic carbocycles. The smallest absolute Gasteiger partial charge is 0.418 e. The predicted molar refractivity (Wildman–Crippen MR) is 54.8 cm³/mol. The first kappa shape index (κ1) is 13.4. The van der Waals surface area contributed by atoms with Crippen LogP contribution in [-0.2, 0) is 10.9 Å². The Bertz CT molecular complexity index is 505. The van der Waals surface area contributed by atoms with Gasteiger partial charge >= 0.3 is 12.1 Å². The molecule has 0 bridgehead atoms. The molecule has 0 saturated heterocycles. The lowest BCUT2D eigenvalue weighted by atomic mass is 10.0. The maximum Gasteiger partial charge on any atom is 0.418 e. The minimum atomic E-state index is -4.74. The van der Waals surface area contributed by atoms with Gasteiger partial charge in [0, 0.05) is 4.90 Å². The number of rotatable bonds is 1. The number of nitriles is 1. The zero-order valence-corrected chi connectivity index (χ0v) is 9.39. The monoisotopic (exact) mass is 261 g/mol. The summed E-state index contributed by atoms with van der Waals surface area (Å²) in [5.41, 5.74) is -2.01. The van der Waals surface area contributed by atoms with Crippen LogP contribution in [0.2, 0.25) is 0 Å². The molecule has 0 unspecified atom stereocenters. The van der Waals surface area contributed by atoms with Crippen LogP contribution in [0.3, 0.4) is 0 Å². The zero-order valence-electron chi connectivity index (χ0n) is 8.50. The van der Waals surface area contributed by atoms with E-state index in [2.05, 4.69) is 17.4 Å². The zero-order chi connectivity index (χ0) is 13.2. The Balaban J connectivity index is 3.58. The van der Waals surface area contributed by atoms with Crippen molar-refractivity contribution in [3.63, 3.8) is 0 Å². The number of carbonyl (C=O) groups excluding carboxylic acids is 1. The molecule has 1 rings (SSSR count). The Hall–Kier alpha value is -1.68. The number of ether oxygens (including phenoxy) is 1. The quantitative estimate of drug-likeness (QED) is 0.624. The first-order valence-corrected chi connectivity index (χ1v) is 4.68. The summed E-state index contributed by atoms with van der Waals surface area (Å²) >= 11 is 3.64. The number of carbonyl (C=O) groups is 1. The summed E-state index contributed by atoms with van der Waals surface area (Å²) in [6.07, 6.45) is -4.74. The van der Waals surface area contributed by atoms with Gasteiger partial charge in [-0.05, 0) is 12.1 Å². The van der Waals surface area contributed by atoms with E-state index in [1.807, 2.05) is 0 Å². The number of esters is 1. The number of hydrogen-bond acceptors (Lipinski definition) is 4. The molecule has 0 fully saturated rings. The van der Waals surface area contributed by atoms with Crippen molar-refractivity contribution in [1.82, 2.24) is 0 Å². The minimum absolute atomic E-state index is 0.0941. The van der Waals surface area contributed by atoms with Gasteiger partial charge in [-0.25, -0.2) is 4.79 Å². The van der Waals surface area contributed by atoms with Crippen LogP contribution >= 0.6 is 12.6 Å². The van der Waals surface area contributed by atoms with Gasteiger partial charge in [0.2, 0.25) is 0 Å². The van der Waals surface area contributed by atoms with E-state index < -0.39 is 28.2 Å². The summed E-state index contributed by atoms with van der Waals surface area (Å²) in [5, 5.41) is 8.62. The van der Waals surface area contributed by atoms with Gasteiger partial charge in [-0.1, -0.05) is 0 Å². The van der Waals surface area contributed by atoms with Crippen molar-refractivity contribution in [2.24, 2.45) is 0 Å². The summed E-state index contributed by atoms with van der Waals surface area (Å²) in [6, 6.07) is 3.41. The van der Waals surface area contributed by atoms with Gasteiger partial charge < -0.3 is 4.74 Å². The van der Waals surface area contributed by atoms with Crippen molar-refractivity contribution in [1.29, 1.82) is 5.26 Å². The third-order valence-corrected chi connectivity index (χ3v) is 2.29. The first-order valence-electron chi connectivity index (χ1n) is 4.24. The normalized spacial score (nSPS) is 10.8. The molecule has 0 aliphatic rings. The van der Waals surface area contributed by atoms with Crippen molar-refractivity contribution in [2.75, 3.05) is 7.11 Å². The van der Waals surface area contributed by atoms with E-state index >= 15 is 0 Å². The second-order valence-corrected chi connectivity index (χ2v) is 3.50. The van der Waals surface area contributed by atoms with Gasteiger partial charge in [0.1, 0.15) is 0 Å². The highest BCUT2D eigenvalue weighted by Crippen LogP contribution is 2.37. The summed E-state index contributed by atoms with van der Waals surface area (Å²) in [4.78, 5) is 10.7. The molecule has 3 nitrogen and oxygen atoms in total. The molecule has 0 aliphatic heterocycles. The lowest BCUT2D eigenvalue weighted by Gasteiger charge is -2.14. The Morgan fingerprint density at radius 1 is 1.47 bits per heavy atom. The van der Waals surface area contributed by atoms with Gasteiger partial charge in [-0.3, -0.25) is 0 Å². The van der Waals surface area contributed by atoms with Gasteiger partial charge in [-0.2, -0.15) is 18.4 Å². The Labute approximate surface area is 100 Å². The fourth-order valence-corrected chi connectivity index (χ4v) is 1.65. The number of hydrogen-bond donors (Lipinski definition) is 1. The number of thiol groups is 1. The molecule has 90 valence electrons. The van der Waals surface area contributed by atoms with E-state index in [1.54, 1.807) is 6.07 Å². The van der Waals surface area contributed by atoms with Crippen molar-refractivity contribution in [3.8, 4) is 6.07 Å². The highest BCUT2D eigenvalue weighted by molar-refractivity contribution is 7.80. The molecule has 0 aliphatic carbocycles. The predicted octanol–water partition coefficient (Wildman–Crippen LogP) is 2.65. The molecule has 0 saturated carbocycles. The number of methoxy groups -OCH3 is 1. The van der Waals surface area contributed by atoms with E-state index in [0.29, 0.717) is 0 Å². The Morgan fingerprint density at radius 2 is 2.06 bits per heavy atom. The summed E-state index contributed by atoms with van der Waals surface area (Å²) < 4.78 is 42.4. The third kappa shape index (κ3) is 2.71. The summed E-state index contributed by atoms with van der Waals surface area (Å²) in [5.74, 6) is -1.16. The van der Waals surface area contributed by atoms with E-state index in [0.717, 1.165) is 19.2 Å². The number of alkyl halides is 3. The molecule has 17 heavy (non-hydrogen) atoms. The fraction of sp³-hybridized carbons (Fsp3) is 0.200. The number of nitrogens with zero attached hydrogens (tertiary/aromatic N) is 1. The van der Waals surface area contributed by atoms with Crippen LogP contribution in [0.1, 0.15) is 21.5 Å². The topological polar surface area (TPSA) is 50.1 Å². The molecular formula is C10H6F3NO2S. The van der Waals surface area contributed by atoms with Crippen molar-refractivity contribution in [3.05, 3.63) is 28.8 Å². The largest absolute Gasteiger partial charge is 0.465 e. The summed E-state index contributed by atoms with van der Waals surface area (Å²) in [7, 11) is 0.958. The van der Waals surface area contributed by atoms with Crippen molar-refractivity contribution >= 4 is 18.6 Å². The van der Waals surface area contributed by atoms with Gasteiger partial charge in [0.05, 0.1) is 29.9 Å². The second kappa shape index (κ2) is 4.67. The average Bonchev–Trinajstić information content (AvgIpc) is 2.24. The number of benzene rings is 1. The van der Waals surface area contributed by atoms with E-state index in [9.17, 15) is 18.0 Å². The van der Waals surface area contributed by atoms with E-state index in [4.69, 9.17) is 5.26 Å². The van der Waals surface area contributed by atoms with E-state index in [-0.39, 0.29) is 5.56 Å². The Kier molecular flexibility index (Phi) is 3.68. The lowest BCUT2D eigenvalue weighted by molar-refractivity contribution is -0.140. The molecular weight excluding hydrogens is 255 g/mol. The van der Waals surface area contributed by atoms with Crippen LogP contribution in [-0.4, -0.2) is 13.1 Å².